The van der Waals surface area contributed by atoms with E-state index in [2.05, 4.69) is 29.6 Å². The summed E-state index contributed by atoms with van der Waals surface area (Å²) in [5.41, 5.74) is 5.07. The molecule has 0 aromatic heterocycles. The molecule has 0 saturated carbocycles. The van der Waals surface area contributed by atoms with E-state index >= 15 is 0 Å². The molecule has 214 valence electrons. The third kappa shape index (κ3) is 6.36. The van der Waals surface area contributed by atoms with Crippen LogP contribution in [0, 0.1) is 5.92 Å². The van der Waals surface area contributed by atoms with Crippen LogP contribution in [0.2, 0.25) is 0 Å². The number of carbonyl (C=O) groups excluding carboxylic acids is 3. The van der Waals surface area contributed by atoms with Gasteiger partial charge in [0.1, 0.15) is 0 Å². The average Bonchev–Trinajstić information content (AvgIpc) is 3.04. The third-order valence-corrected chi connectivity index (χ3v) is 7.82. The summed E-state index contributed by atoms with van der Waals surface area (Å²) < 4.78 is 9.72. The number of nitrogens with zero attached hydrogens (tertiary/aromatic N) is 1. The molecule has 0 aliphatic heterocycles. The zero-order chi connectivity index (χ0) is 29.5. The van der Waals surface area contributed by atoms with Crippen molar-refractivity contribution in [3.05, 3.63) is 137 Å². The molecule has 42 heavy (non-hydrogen) atoms. The fourth-order valence-electron chi connectivity index (χ4n) is 5.82. The van der Waals surface area contributed by atoms with Crippen LogP contribution in [-0.2, 0) is 28.9 Å². The van der Waals surface area contributed by atoms with E-state index in [1.54, 1.807) is 6.07 Å². The second-order valence-corrected chi connectivity index (χ2v) is 10.4. The lowest BCUT2D eigenvalue weighted by molar-refractivity contribution is 0.0555. The second-order valence-electron chi connectivity index (χ2n) is 10.4. The van der Waals surface area contributed by atoms with E-state index in [9.17, 15) is 14.4 Å². The van der Waals surface area contributed by atoms with Crippen LogP contribution < -0.4 is 5.32 Å². The molecule has 4 aromatic rings. The second kappa shape index (κ2) is 13.2. The summed E-state index contributed by atoms with van der Waals surface area (Å²) in [6.45, 7) is 0.390. The number of aryl methyl sites for hydroxylation is 1. The van der Waals surface area contributed by atoms with Crippen molar-refractivity contribution in [3.8, 4) is 0 Å². The van der Waals surface area contributed by atoms with Gasteiger partial charge in [0.2, 0.25) is 0 Å². The van der Waals surface area contributed by atoms with Gasteiger partial charge in [-0.25, -0.2) is 14.4 Å². The molecule has 7 nitrogen and oxygen atoms in total. The molecule has 5 rings (SSSR count). The Kier molecular flexibility index (Phi) is 8.97. The Balaban J connectivity index is 1.54. The highest BCUT2D eigenvalue weighted by Crippen LogP contribution is 2.41. The van der Waals surface area contributed by atoms with Crippen LogP contribution in [0.25, 0.3) is 0 Å². The van der Waals surface area contributed by atoms with Crippen molar-refractivity contribution < 1.29 is 23.9 Å². The number of hydrogen-bond donors (Lipinski definition) is 1. The zero-order valence-electron chi connectivity index (χ0n) is 23.8. The SMILES string of the molecule is COC(=O)c1ccc(NC(=O)N(Cc2ccccc2)C2c3ccccc3CCC2Cc2ccccc2)cc1C(=O)OC. The molecular weight excluding hydrogens is 528 g/mol. The Bertz CT molecular complexity index is 1550. The highest BCUT2D eigenvalue weighted by molar-refractivity contribution is 6.04. The number of hydrogen-bond acceptors (Lipinski definition) is 5. The standard InChI is InChI=1S/C35H34N2O5/c1-41-33(38)30-20-19-28(22-31(30)34(39)42-2)36-35(40)37(23-25-13-7-4-8-14-25)32-27(21-24-11-5-3-6-12-24)18-17-26-15-9-10-16-29(26)32/h3-16,19-20,22,27,32H,17-18,21,23H2,1-2H3,(H,36,40). The molecule has 0 spiro atoms. The van der Waals surface area contributed by atoms with E-state index < -0.39 is 11.9 Å². The van der Waals surface area contributed by atoms with Gasteiger partial charge in [-0.15, -0.1) is 0 Å². The Labute approximate surface area is 246 Å². The lowest BCUT2D eigenvalue weighted by Gasteiger charge is -2.41. The maximum Gasteiger partial charge on any atom is 0.338 e. The summed E-state index contributed by atoms with van der Waals surface area (Å²) in [6, 6.07) is 32.7. The fourth-order valence-corrected chi connectivity index (χ4v) is 5.82. The van der Waals surface area contributed by atoms with Crippen molar-refractivity contribution in [2.45, 2.75) is 31.8 Å². The topological polar surface area (TPSA) is 84.9 Å². The van der Waals surface area contributed by atoms with Gasteiger partial charge in [0.15, 0.2) is 0 Å². The monoisotopic (exact) mass is 562 g/mol. The molecule has 0 radical (unpaired) electrons. The lowest BCUT2D eigenvalue weighted by Crippen LogP contribution is -2.43. The van der Waals surface area contributed by atoms with Gasteiger partial charge >= 0.3 is 18.0 Å². The van der Waals surface area contributed by atoms with Crippen LogP contribution in [0.5, 0.6) is 0 Å². The minimum absolute atomic E-state index is 0.0155. The molecule has 0 saturated heterocycles. The van der Waals surface area contributed by atoms with Gasteiger partial charge in [-0.3, -0.25) is 0 Å². The normalized spacial score (nSPS) is 15.7. The first kappa shape index (κ1) is 28.6. The summed E-state index contributed by atoms with van der Waals surface area (Å²) in [5.74, 6) is -1.18. The van der Waals surface area contributed by atoms with E-state index in [1.165, 1.54) is 37.5 Å². The lowest BCUT2D eigenvalue weighted by atomic mass is 9.76. The number of rotatable bonds is 8. The van der Waals surface area contributed by atoms with Crippen molar-refractivity contribution in [3.63, 3.8) is 0 Å². The molecule has 2 amide bonds. The van der Waals surface area contributed by atoms with E-state index in [4.69, 9.17) is 9.47 Å². The third-order valence-electron chi connectivity index (χ3n) is 7.82. The summed E-state index contributed by atoms with van der Waals surface area (Å²) in [7, 11) is 2.48. The van der Waals surface area contributed by atoms with Gasteiger partial charge in [0, 0.05) is 12.2 Å². The highest BCUT2D eigenvalue weighted by Gasteiger charge is 2.36. The zero-order valence-corrected chi connectivity index (χ0v) is 23.8. The first-order valence-electron chi connectivity index (χ1n) is 14.0. The smallest absolute Gasteiger partial charge is 0.338 e. The predicted octanol–water partition coefficient (Wildman–Crippen LogP) is 6.84. The van der Waals surface area contributed by atoms with Crippen molar-refractivity contribution in [1.29, 1.82) is 0 Å². The summed E-state index contributed by atoms with van der Waals surface area (Å²) >= 11 is 0. The molecule has 7 heteroatoms. The van der Waals surface area contributed by atoms with Crippen LogP contribution in [-0.4, -0.2) is 37.1 Å². The maximum atomic E-state index is 14.3. The molecule has 2 atom stereocenters. The molecule has 2 unspecified atom stereocenters. The number of methoxy groups -OCH3 is 2. The van der Waals surface area contributed by atoms with Gasteiger partial charge in [-0.05, 0) is 65.6 Å². The van der Waals surface area contributed by atoms with Crippen LogP contribution in [0.1, 0.15) is 55.4 Å². The van der Waals surface area contributed by atoms with Crippen LogP contribution in [0.4, 0.5) is 10.5 Å². The Morgan fingerprint density at radius 3 is 2.07 bits per heavy atom. The average molecular weight is 563 g/mol. The molecule has 1 aliphatic rings. The molecule has 1 aliphatic carbocycles. The van der Waals surface area contributed by atoms with Gasteiger partial charge in [0.05, 0.1) is 31.4 Å². The van der Waals surface area contributed by atoms with Crippen molar-refractivity contribution in [2.75, 3.05) is 19.5 Å². The Morgan fingerprint density at radius 2 is 1.38 bits per heavy atom. The summed E-state index contributed by atoms with van der Waals surface area (Å²) in [5, 5.41) is 3.01. The molecule has 1 N–H and O–H groups in total. The number of nitrogens with one attached hydrogen (secondary N) is 1. The summed E-state index contributed by atoms with van der Waals surface area (Å²) in [6.07, 6.45) is 2.72. The fraction of sp³-hybridized carbons (Fsp3) is 0.229. The number of amides is 2. The quantitative estimate of drug-likeness (QED) is 0.238. The van der Waals surface area contributed by atoms with Crippen LogP contribution in [0.15, 0.2) is 103 Å². The number of esters is 2. The minimum Gasteiger partial charge on any atom is -0.465 e. The first-order valence-corrected chi connectivity index (χ1v) is 14.0. The molecule has 0 heterocycles. The number of carbonyl (C=O) groups is 3. The van der Waals surface area contributed by atoms with Gasteiger partial charge in [-0.2, -0.15) is 0 Å². The van der Waals surface area contributed by atoms with Gasteiger partial charge in [0.25, 0.3) is 0 Å². The van der Waals surface area contributed by atoms with Crippen LogP contribution >= 0.6 is 0 Å². The van der Waals surface area contributed by atoms with Crippen LogP contribution in [0.3, 0.4) is 0 Å². The minimum atomic E-state index is -0.697. The van der Waals surface area contributed by atoms with E-state index in [1.807, 2.05) is 65.6 Å². The van der Waals surface area contributed by atoms with Crippen molar-refractivity contribution in [1.82, 2.24) is 4.90 Å². The maximum absolute atomic E-state index is 14.3. The highest BCUT2D eigenvalue weighted by atomic mass is 16.5. The molecule has 0 bridgehead atoms. The number of ether oxygens (including phenoxy) is 2. The Morgan fingerprint density at radius 1 is 0.762 bits per heavy atom. The Hall–Kier alpha value is -4.91. The van der Waals surface area contributed by atoms with E-state index in [0.29, 0.717) is 12.2 Å². The largest absolute Gasteiger partial charge is 0.465 e. The van der Waals surface area contributed by atoms with E-state index in [-0.39, 0.29) is 29.1 Å². The summed E-state index contributed by atoms with van der Waals surface area (Å²) in [4.78, 5) is 41.0. The van der Waals surface area contributed by atoms with Gasteiger partial charge < -0.3 is 19.7 Å². The number of urea groups is 1. The molecular formula is C35H34N2O5. The van der Waals surface area contributed by atoms with Crippen molar-refractivity contribution >= 4 is 23.7 Å². The number of anilines is 1. The van der Waals surface area contributed by atoms with E-state index in [0.717, 1.165) is 30.4 Å². The van der Waals surface area contributed by atoms with Crippen molar-refractivity contribution in [2.24, 2.45) is 5.92 Å². The molecule has 0 fully saturated rings. The van der Waals surface area contributed by atoms with Gasteiger partial charge in [-0.1, -0.05) is 84.9 Å². The number of benzene rings is 4. The number of fused-ring (bicyclic) bond motifs is 1. The predicted molar refractivity (Wildman–Crippen MR) is 161 cm³/mol. The molecule has 4 aromatic carbocycles. The first-order chi connectivity index (χ1) is 20.5.